The van der Waals surface area contributed by atoms with Gasteiger partial charge in [-0.2, -0.15) is 13.2 Å². The van der Waals surface area contributed by atoms with E-state index < -0.39 is 17.6 Å². The number of hydrogen-bond acceptors (Lipinski definition) is 1. The molecule has 1 rings (SSSR count). The van der Waals surface area contributed by atoms with Crippen LogP contribution in [0.4, 0.5) is 13.2 Å². The molecular weight excluding hydrogens is 231 g/mol. The number of carbonyl (C=O) groups is 1. The van der Waals surface area contributed by atoms with Crippen molar-refractivity contribution in [1.82, 2.24) is 5.32 Å². The van der Waals surface area contributed by atoms with E-state index in [1.807, 2.05) is 6.92 Å². The van der Waals surface area contributed by atoms with Crippen LogP contribution in [-0.4, -0.2) is 12.5 Å². The smallest absolute Gasteiger partial charge is 0.352 e. The van der Waals surface area contributed by atoms with E-state index in [0.29, 0.717) is 18.5 Å². The maximum Gasteiger partial charge on any atom is 0.417 e. The molecule has 1 N–H and O–H groups in total. The zero-order valence-electron chi connectivity index (χ0n) is 9.69. The molecule has 0 aliphatic heterocycles. The summed E-state index contributed by atoms with van der Waals surface area (Å²) in [4.78, 5) is 11.6. The number of nitrogens with one attached hydrogen (secondary N) is 1. The number of carbonyl (C=O) groups excluding carboxylic acids is 1. The second-order valence-corrected chi connectivity index (χ2v) is 3.80. The van der Waals surface area contributed by atoms with Crippen molar-refractivity contribution in [2.75, 3.05) is 6.54 Å². The molecule has 0 saturated heterocycles. The third-order valence-electron chi connectivity index (χ3n) is 2.26. The third-order valence-corrected chi connectivity index (χ3v) is 2.26. The third kappa shape index (κ3) is 3.47. The van der Waals surface area contributed by atoms with Gasteiger partial charge in [-0.1, -0.05) is 18.6 Å². The Hall–Kier alpha value is -1.52. The Morgan fingerprint density at radius 3 is 2.53 bits per heavy atom. The van der Waals surface area contributed by atoms with Gasteiger partial charge in [-0.25, -0.2) is 0 Å². The number of amides is 1. The van der Waals surface area contributed by atoms with E-state index in [0.717, 1.165) is 6.07 Å². The summed E-state index contributed by atoms with van der Waals surface area (Å²) in [5.74, 6) is -0.681. The monoisotopic (exact) mass is 245 g/mol. The first-order chi connectivity index (χ1) is 7.86. The minimum Gasteiger partial charge on any atom is -0.352 e. The summed E-state index contributed by atoms with van der Waals surface area (Å²) in [6.07, 6.45) is -3.83. The van der Waals surface area contributed by atoms with E-state index in [9.17, 15) is 18.0 Å². The molecule has 0 atom stereocenters. The van der Waals surface area contributed by atoms with Gasteiger partial charge in [-0.05, 0) is 25.5 Å². The Kier molecular flexibility index (Phi) is 4.15. The number of benzene rings is 1. The molecule has 0 bridgehead atoms. The van der Waals surface area contributed by atoms with Gasteiger partial charge in [0.25, 0.3) is 5.91 Å². The van der Waals surface area contributed by atoms with Crippen LogP contribution in [0.1, 0.15) is 34.8 Å². The van der Waals surface area contributed by atoms with Crippen LogP contribution in [0.15, 0.2) is 18.2 Å². The fourth-order valence-electron chi connectivity index (χ4n) is 1.42. The SMILES string of the molecule is CCCNC(=O)c1ccc(C)cc1C(F)(F)F. The van der Waals surface area contributed by atoms with Crippen LogP contribution < -0.4 is 5.32 Å². The molecule has 0 saturated carbocycles. The Balaban J connectivity index is 3.11. The van der Waals surface area contributed by atoms with Crippen molar-refractivity contribution in [3.05, 3.63) is 34.9 Å². The molecule has 0 unspecified atom stereocenters. The normalized spacial score (nSPS) is 11.4. The molecule has 0 spiro atoms. The summed E-state index contributed by atoms with van der Waals surface area (Å²) in [5, 5.41) is 2.44. The molecule has 1 amide bonds. The standard InChI is InChI=1S/C12H14F3NO/c1-3-6-16-11(17)9-5-4-8(2)7-10(9)12(13,14)15/h4-5,7H,3,6H2,1-2H3,(H,16,17). The first-order valence-electron chi connectivity index (χ1n) is 5.32. The van der Waals surface area contributed by atoms with Gasteiger partial charge in [-0.15, -0.1) is 0 Å². The van der Waals surface area contributed by atoms with Crippen LogP contribution in [0, 0.1) is 6.92 Å². The van der Waals surface area contributed by atoms with Crippen molar-refractivity contribution >= 4 is 5.91 Å². The van der Waals surface area contributed by atoms with E-state index in [4.69, 9.17) is 0 Å². The Morgan fingerprint density at radius 2 is 2.00 bits per heavy atom. The van der Waals surface area contributed by atoms with Gasteiger partial charge >= 0.3 is 6.18 Å². The largest absolute Gasteiger partial charge is 0.417 e. The zero-order valence-corrected chi connectivity index (χ0v) is 9.69. The number of rotatable bonds is 3. The second kappa shape index (κ2) is 5.21. The van der Waals surface area contributed by atoms with Gasteiger partial charge in [0.1, 0.15) is 0 Å². The van der Waals surface area contributed by atoms with Crippen LogP contribution >= 0.6 is 0 Å². The summed E-state index contributed by atoms with van der Waals surface area (Å²) in [6.45, 7) is 3.76. The topological polar surface area (TPSA) is 29.1 Å². The molecular formula is C12H14F3NO. The average Bonchev–Trinajstić information content (AvgIpc) is 2.24. The zero-order chi connectivity index (χ0) is 13.1. The van der Waals surface area contributed by atoms with Crippen molar-refractivity contribution in [2.45, 2.75) is 26.4 Å². The molecule has 0 aliphatic carbocycles. The van der Waals surface area contributed by atoms with Gasteiger partial charge in [-0.3, -0.25) is 4.79 Å². The van der Waals surface area contributed by atoms with Crippen LogP contribution in [0.5, 0.6) is 0 Å². The minimum atomic E-state index is -4.51. The van der Waals surface area contributed by atoms with Crippen molar-refractivity contribution in [3.63, 3.8) is 0 Å². The maximum absolute atomic E-state index is 12.7. The lowest BCUT2D eigenvalue weighted by molar-refractivity contribution is -0.138. The molecule has 2 nitrogen and oxygen atoms in total. The van der Waals surface area contributed by atoms with Crippen molar-refractivity contribution in [2.24, 2.45) is 0 Å². The predicted molar refractivity (Wildman–Crippen MR) is 58.8 cm³/mol. The Morgan fingerprint density at radius 1 is 1.35 bits per heavy atom. The van der Waals surface area contributed by atoms with Crippen LogP contribution in [0.3, 0.4) is 0 Å². The van der Waals surface area contributed by atoms with Crippen molar-refractivity contribution in [1.29, 1.82) is 0 Å². The quantitative estimate of drug-likeness (QED) is 0.870. The highest BCUT2D eigenvalue weighted by molar-refractivity contribution is 5.95. The van der Waals surface area contributed by atoms with Crippen LogP contribution in [0.25, 0.3) is 0 Å². The van der Waals surface area contributed by atoms with Gasteiger partial charge < -0.3 is 5.32 Å². The highest BCUT2D eigenvalue weighted by Gasteiger charge is 2.35. The predicted octanol–water partition coefficient (Wildman–Crippen LogP) is 3.15. The maximum atomic E-state index is 12.7. The highest BCUT2D eigenvalue weighted by Crippen LogP contribution is 2.32. The molecule has 1 aromatic rings. The number of aryl methyl sites for hydroxylation is 1. The van der Waals surface area contributed by atoms with E-state index in [2.05, 4.69) is 5.32 Å². The fraction of sp³-hybridized carbons (Fsp3) is 0.417. The van der Waals surface area contributed by atoms with Gasteiger partial charge in [0.15, 0.2) is 0 Å². The summed E-state index contributed by atoms with van der Waals surface area (Å²) in [6, 6.07) is 3.69. The van der Waals surface area contributed by atoms with Gasteiger partial charge in [0.2, 0.25) is 0 Å². The van der Waals surface area contributed by atoms with Crippen molar-refractivity contribution in [3.8, 4) is 0 Å². The first kappa shape index (κ1) is 13.5. The van der Waals surface area contributed by atoms with Gasteiger partial charge in [0.05, 0.1) is 11.1 Å². The Labute approximate surface area is 97.8 Å². The molecule has 0 fully saturated rings. The molecule has 94 valence electrons. The van der Waals surface area contributed by atoms with E-state index in [1.165, 1.54) is 12.1 Å². The van der Waals surface area contributed by atoms with Crippen LogP contribution in [0.2, 0.25) is 0 Å². The Bertz CT molecular complexity index is 413. The lowest BCUT2D eigenvalue weighted by Gasteiger charge is -2.13. The van der Waals surface area contributed by atoms with E-state index >= 15 is 0 Å². The van der Waals surface area contributed by atoms with E-state index in [-0.39, 0.29) is 5.56 Å². The molecule has 17 heavy (non-hydrogen) atoms. The highest BCUT2D eigenvalue weighted by atomic mass is 19.4. The molecule has 0 aliphatic rings. The average molecular weight is 245 g/mol. The number of hydrogen-bond donors (Lipinski definition) is 1. The van der Waals surface area contributed by atoms with Gasteiger partial charge in [0, 0.05) is 6.54 Å². The number of halogens is 3. The minimum absolute atomic E-state index is 0.323. The summed E-state index contributed by atoms with van der Waals surface area (Å²) in [7, 11) is 0. The number of alkyl halides is 3. The lowest BCUT2D eigenvalue weighted by Crippen LogP contribution is -2.26. The molecule has 0 aromatic heterocycles. The molecule has 5 heteroatoms. The molecule has 0 radical (unpaired) electrons. The van der Waals surface area contributed by atoms with Crippen molar-refractivity contribution < 1.29 is 18.0 Å². The van der Waals surface area contributed by atoms with E-state index in [1.54, 1.807) is 6.92 Å². The summed E-state index contributed by atoms with van der Waals surface area (Å²) < 4.78 is 38.2. The lowest BCUT2D eigenvalue weighted by atomic mass is 10.0. The molecule has 0 heterocycles. The summed E-state index contributed by atoms with van der Waals surface area (Å²) in [5.41, 5.74) is -0.730. The van der Waals surface area contributed by atoms with Crippen LogP contribution in [-0.2, 0) is 6.18 Å². The fourth-order valence-corrected chi connectivity index (χ4v) is 1.42. The second-order valence-electron chi connectivity index (χ2n) is 3.80. The first-order valence-corrected chi connectivity index (χ1v) is 5.32. The molecule has 1 aromatic carbocycles. The summed E-state index contributed by atoms with van der Waals surface area (Å²) >= 11 is 0.